The molecule has 0 aliphatic rings. The zero-order valence-electron chi connectivity index (χ0n) is 16.8. The van der Waals surface area contributed by atoms with Crippen LogP contribution in [0, 0.1) is 0 Å². The molecule has 3 N–H and O–H groups in total. The molecule has 2 amide bonds. The Morgan fingerprint density at radius 3 is 2.35 bits per heavy atom. The van der Waals surface area contributed by atoms with E-state index in [1.807, 2.05) is 24.3 Å². The summed E-state index contributed by atoms with van der Waals surface area (Å²) in [7, 11) is 0. The SMILES string of the molecule is CC(C)c1ccc(-c2nc(C(=O)NNC(=O)c3n[nH]c(=O)c4ccccc34)cs2)cc1. The number of hydrogen-bond acceptors (Lipinski definition) is 6. The van der Waals surface area contributed by atoms with Crippen molar-refractivity contribution < 1.29 is 9.59 Å². The van der Waals surface area contributed by atoms with Crippen molar-refractivity contribution in [1.82, 2.24) is 26.0 Å². The van der Waals surface area contributed by atoms with Crippen LogP contribution in [-0.4, -0.2) is 27.0 Å². The van der Waals surface area contributed by atoms with Gasteiger partial charge in [0, 0.05) is 16.3 Å². The fraction of sp³-hybridized carbons (Fsp3) is 0.136. The minimum Gasteiger partial charge on any atom is -0.267 e. The van der Waals surface area contributed by atoms with Gasteiger partial charge in [-0.3, -0.25) is 25.2 Å². The summed E-state index contributed by atoms with van der Waals surface area (Å²) in [5, 5.41) is 9.15. The van der Waals surface area contributed by atoms with Crippen LogP contribution in [0.2, 0.25) is 0 Å². The lowest BCUT2D eigenvalue weighted by atomic mass is 10.0. The molecule has 31 heavy (non-hydrogen) atoms. The molecular formula is C22H19N5O3S. The van der Waals surface area contributed by atoms with E-state index in [9.17, 15) is 14.4 Å². The molecule has 0 saturated carbocycles. The number of nitrogens with one attached hydrogen (secondary N) is 3. The first-order chi connectivity index (χ1) is 14.9. The molecule has 0 atom stereocenters. The normalized spacial score (nSPS) is 10.9. The molecule has 2 aromatic carbocycles. The molecule has 156 valence electrons. The van der Waals surface area contributed by atoms with E-state index in [1.54, 1.807) is 29.6 Å². The number of H-pyrrole nitrogens is 1. The highest BCUT2D eigenvalue weighted by Gasteiger charge is 2.17. The summed E-state index contributed by atoms with van der Waals surface area (Å²) in [5.74, 6) is -0.770. The molecule has 0 unspecified atom stereocenters. The molecular weight excluding hydrogens is 414 g/mol. The summed E-state index contributed by atoms with van der Waals surface area (Å²) in [4.78, 5) is 41.1. The second-order valence-electron chi connectivity index (χ2n) is 7.17. The Hall–Kier alpha value is -3.85. The van der Waals surface area contributed by atoms with Crippen LogP contribution in [0.3, 0.4) is 0 Å². The fourth-order valence-electron chi connectivity index (χ4n) is 3.05. The maximum absolute atomic E-state index is 12.5. The van der Waals surface area contributed by atoms with Crippen molar-refractivity contribution in [2.75, 3.05) is 0 Å². The maximum atomic E-state index is 12.5. The fourth-order valence-corrected chi connectivity index (χ4v) is 3.85. The van der Waals surface area contributed by atoms with Crippen molar-refractivity contribution in [2.24, 2.45) is 0 Å². The number of fused-ring (bicyclic) bond motifs is 1. The van der Waals surface area contributed by atoms with Crippen LogP contribution < -0.4 is 16.4 Å². The molecule has 4 rings (SSSR count). The predicted molar refractivity (Wildman–Crippen MR) is 119 cm³/mol. The van der Waals surface area contributed by atoms with Crippen molar-refractivity contribution in [3.05, 3.63) is 81.2 Å². The van der Waals surface area contributed by atoms with Crippen molar-refractivity contribution in [3.63, 3.8) is 0 Å². The van der Waals surface area contributed by atoms with E-state index in [2.05, 4.69) is 39.9 Å². The van der Waals surface area contributed by atoms with Gasteiger partial charge in [-0.2, -0.15) is 5.10 Å². The molecule has 0 saturated heterocycles. The zero-order valence-corrected chi connectivity index (χ0v) is 17.6. The first-order valence-corrected chi connectivity index (χ1v) is 10.5. The Balaban J connectivity index is 1.46. The predicted octanol–water partition coefficient (Wildman–Crippen LogP) is 3.24. The molecule has 2 aromatic heterocycles. The topological polar surface area (TPSA) is 117 Å². The van der Waals surface area contributed by atoms with E-state index in [0.29, 0.717) is 21.7 Å². The van der Waals surface area contributed by atoms with Gasteiger partial charge >= 0.3 is 0 Å². The molecule has 0 aliphatic heterocycles. The second-order valence-corrected chi connectivity index (χ2v) is 8.03. The van der Waals surface area contributed by atoms with Crippen LogP contribution in [0.4, 0.5) is 0 Å². The van der Waals surface area contributed by atoms with Gasteiger partial charge in [0.25, 0.3) is 17.4 Å². The number of rotatable bonds is 4. The van der Waals surface area contributed by atoms with Crippen molar-refractivity contribution in [2.45, 2.75) is 19.8 Å². The smallest absolute Gasteiger partial charge is 0.267 e. The van der Waals surface area contributed by atoms with Gasteiger partial charge in [0.2, 0.25) is 0 Å². The van der Waals surface area contributed by atoms with Crippen molar-refractivity contribution in [3.8, 4) is 10.6 Å². The van der Waals surface area contributed by atoms with Crippen LogP contribution >= 0.6 is 11.3 Å². The number of hydrogen-bond donors (Lipinski definition) is 3. The Labute approximate surface area is 181 Å². The highest BCUT2D eigenvalue weighted by atomic mass is 32.1. The Kier molecular flexibility index (Phi) is 5.59. The summed E-state index contributed by atoms with van der Waals surface area (Å²) in [6.45, 7) is 4.25. The van der Waals surface area contributed by atoms with Gasteiger partial charge in [-0.1, -0.05) is 56.3 Å². The summed E-state index contributed by atoms with van der Waals surface area (Å²) in [6, 6.07) is 14.6. The highest BCUT2D eigenvalue weighted by molar-refractivity contribution is 7.13. The van der Waals surface area contributed by atoms with E-state index in [4.69, 9.17) is 0 Å². The maximum Gasteiger partial charge on any atom is 0.290 e. The summed E-state index contributed by atoms with van der Waals surface area (Å²) >= 11 is 1.34. The van der Waals surface area contributed by atoms with E-state index < -0.39 is 17.4 Å². The molecule has 8 nitrogen and oxygen atoms in total. The number of carbonyl (C=O) groups is 2. The standard InChI is InChI=1S/C22H19N5O3S/c1-12(2)13-7-9-14(10-8-13)22-23-17(11-31-22)20(29)26-27-21(30)18-15-5-3-4-6-16(15)19(28)25-24-18/h3-12H,1-2H3,(H,25,28)(H,26,29)(H,27,30). The molecule has 0 bridgehead atoms. The Morgan fingerprint density at radius 2 is 1.65 bits per heavy atom. The monoisotopic (exact) mass is 433 g/mol. The quantitative estimate of drug-likeness (QED) is 0.427. The third-order valence-corrected chi connectivity index (χ3v) is 5.65. The zero-order chi connectivity index (χ0) is 22.0. The minimum atomic E-state index is -0.652. The van der Waals surface area contributed by atoms with Gasteiger partial charge in [-0.25, -0.2) is 10.1 Å². The first-order valence-electron chi connectivity index (χ1n) is 9.58. The van der Waals surface area contributed by atoms with Crippen LogP contribution in [0.1, 0.15) is 46.3 Å². The van der Waals surface area contributed by atoms with Crippen LogP contribution in [0.5, 0.6) is 0 Å². The van der Waals surface area contributed by atoms with E-state index >= 15 is 0 Å². The number of thiazole rings is 1. The van der Waals surface area contributed by atoms with E-state index in [0.717, 1.165) is 5.56 Å². The molecule has 4 aromatic rings. The van der Waals surface area contributed by atoms with E-state index in [1.165, 1.54) is 16.9 Å². The average Bonchev–Trinajstić information content (AvgIpc) is 3.28. The highest BCUT2D eigenvalue weighted by Crippen LogP contribution is 2.25. The minimum absolute atomic E-state index is 0.000269. The lowest BCUT2D eigenvalue weighted by molar-refractivity contribution is 0.0842. The summed E-state index contributed by atoms with van der Waals surface area (Å²) in [5.41, 5.74) is 6.59. The lowest BCUT2D eigenvalue weighted by Gasteiger charge is -2.07. The average molecular weight is 433 g/mol. The van der Waals surface area contributed by atoms with Crippen molar-refractivity contribution in [1.29, 1.82) is 0 Å². The van der Waals surface area contributed by atoms with Gasteiger partial charge in [0.1, 0.15) is 10.7 Å². The first kappa shape index (κ1) is 20.4. The number of benzene rings is 2. The Morgan fingerprint density at radius 1 is 0.968 bits per heavy atom. The van der Waals surface area contributed by atoms with E-state index in [-0.39, 0.29) is 11.4 Å². The van der Waals surface area contributed by atoms with Gasteiger partial charge < -0.3 is 0 Å². The number of hydrazine groups is 1. The van der Waals surface area contributed by atoms with Gasteiger partial charge in [-0.05, 0) is 17.5 Å². The summed E-state index contributed by atoms with van der Waals surface area (Å²) < 4.78 is 0. The molecule has 9 heteroatoms. The van der Waals surface area contributed by atoms with Gasteiger partial charge in [-0.15, -0.1) is 11.3 Å². The lowest BCUT2D eigenvalue weighted by Crippen LogP contribution is -2.42. The number of carbonyl (C=O) groups excluding carboxylic acids is 2. The van der Waals surface area contributed by atoms with Gasteiger partial charge in [0.05, 0.1) is 5.39 Å². The number of nitrogens with zero attached hydrogens (tertiary/aromatic N) is 2. The molecule has 0 aliphatic carbocycles. The second kappa shape index (κ2) is 8.49. The number of aromatic nitrogens is 3. The molecule has 0 radical (unpaired) electrons. The van der Waals surface area contributed by atoms with Gasteiger partial charge in [0.15, 0.2) is 5.69 Å². The number of aromatic amines is 1. The van der Waals surface area contributed by atoms with Crippen LogP contribution in [0.25, 0.3) is 21.3 Å². The largest absolute Gasteiger partial charge is 0.290 e. The van der Waals surface area contributed by atoms with Crippen LogP contribution in [-0.2, 0) is 0 Å². The van der Waals surface area contributed by atoms with Crippen molar-refractivity contribution >= 4 is 33.9 Å². The van der Waals surface area contributed by atoms with Crippen LogP contribution in [0.15, 0.2) is 58.7 Å². The number of amides is 2. The molecule has 0 spiro atoms. The molecule has 2 heterocycles. The molecule has 0 fully saturated rings. The third-order valence-electron chi connectivity index (χ3n) is 4.76. The third kappa shape index (κ3) is 4.22. The Bertz CT molecular complexity index is 1320. The summed E-state index contributed by atoms with van der Waals surface area (Å²) in [6.07, 6.45) is 0.